The fourth-order valence-electron chi connectivity index (χ4n) is 2.63. The van der Waals surface area contributed by atoms with Crippen LogP contribution in [0.2, 0.25) is 5.02 Å². The van der Waals surface area contributed by atoms with E-state index >= 15 is 0 Å². The van der Waals surface area contributed by atoms with Gasteiger partial charge in [-0.1, -0.05) is 17.7 Å². The number of aromatic nitrogens is 1. The van der Waals surface area contributed by atoms with Crippen molar-refractivity contribution in [2.45, 2.75) is 20.8 Å². The Morgan fingerprint density at radius 1 is 1.25 bits per heavy atom. The smallest absolute Gasteiger partial charge is 0.152 e. The third-order valence-corrected chi connectivity index (χ3v) is 4.86. The standard InChI is InChI=1S/C16H14ClNOS/c1-8-4-5-13(17)14-12(7-19)16(18-15(8)14)11-6-9(2)20-10(11)3/h4-7,18H,1-3H3. The lowest BCUT2D eigenvalue weighted by molar-refractivity contribution is 0.112. The molecule has 0 aliphatic heterocycles. The summed E-state index contributed by atoms with van der Waals surface area (Å²) < 4.78 is 0. The van der Waals surface area contributed by atoms with Crippen LogP contribution in [0, 0.1) is 20.8 Å². The maximum absolute atomic E-state index is 11.6. The van der Waals surface area contributed by atoms with Crippen LogP contribution in [0.15, 0.2) is 18.2 Å². The molecule has 0 radical (unpaired) electrons. The normalized spacial score (nSPS) is 11.2. The van der Waals surface area contributed by atoms with Crippen LogP contribution >= 0.6 is 22.9 Å². The quantitative estimate of drug-likeness (QED) is 0.641. The van der Waals surface area contributed by atoms with Crippen molar-refractivity contribution in [2.75, 3.05) is 0 Å². The van der Waals surface area contributed by atoms with E-state index in [0.717, 1.165) is 34.0 Å². The highest BCUT2D eigenvalue weighted by Crippen LogP contribution is 2.38. The minimum atomic E-state index is 0.611. The Labute approximate surface area is 126 Å². The number of thiophene rings is 1. The van der Waals surface area contributed by atoms with Crippen molar-refractivity contribution in [3.05, 3.63) is 44.1 Å². The topological polar surface area (TPSA) is 32.9 Å². The Balaban J connectivity index is 2.43. The molecule has 2 aromatic heterocycles. The summed E-state index contributed by atoms with van der Waals surface area (Å²) in [5.74, 6) is 0. The van der Waals surface area contributed by atoms with Crippen LogP contribution in [0.5, 0.6) is 0 Å². The monoisotopic (exact) mass is 303 g/mol. The van der Waals surface area contributed by atoms with Crippen LogP contribution < -0.4 is 0 Å². The molecule has 0 unspecified atom stereocenters. The highest BCUT2D eigenvalue weighted by Gasteiger charge is 2.18. The van der Waals surface area contributed by atoms with Gasteiger partial charge in [-0.05, 0) is 38.5 Å². The van der Waals surface area contributed by atoms with Crippen molar-refractivity contribution in [1.29, 1.82) is 0 Å². The molecule has 0 saturated carbocycles. The van der Waals surface area contributed by atoms with Crippen molar-refractivity contribution >= 4 is 40.1 Å². The number of benzene rings is 1. The fourth-order valence-corrected chi connectivity index (χ4v) is 3.82. The van der Waals surface area contributed by atoms with Gasteiger partial charge in [-0.3, -0.25) is 4.79 Å². The molecule has 2 heterocycles. The molecule has 3 rings (SSSR count). The number of hydrogen-bond acceptors (Lipinski definition) is 2. The molecule has 102 valence electrons. The van der Waals surface area contributed by atoms with Crippen LogP contribution in [-0.2, 0) is 0 Å². The van der Waals surface area contributed by atoms with Gasteiger partial charge in [0.2, 0.25) is 0 Å². The Morgan fingerprint density at radius 3 is 2.60 bits per heavy atom. The Hall–Kier alpha value is -1.58. The highest BCUT2D eigenvalue weighted by molar-refractivity contribution is 7.12. The average Bonchev–Trinajstić information content (AvgIpc) is 2.94. The first kappa shape index (κ1) is 13.4. The van der Waals surface area contributed by atoms with Crippen LogP contribution in [-0.4, -0.2) is 11.3 Å². The number of carbonyl (C=O) groups excluding carboxylic acids is 1. The zero-order valence-corrected chi connectivity index (χ0v) is 13.1. The van der Waals surface area contributed by atoms with E-state index < -0.39 is 0 Å². The number of carbonyl (C=O) groups is 1. The number of hydrogen-bond donors (Lipinski definition) is 1. The largest absolute Gasteiger partial charge is 0.354 e. The van der Waals surface area contributed by atoms with Gasteiger partial charge < -0.3 is 4.98 Å². The third kappa shape index (κ3) is 1.89. The number of rotatable bonds is 2. The number of aryl methyl sites for hydroxylation is 3. The van der Waals surface area contributed by atoms with Gasteiger partial charge in [0.25, 0.3) is 0 Å². The number of aldehydes is 1. The minimum absolute atomic E-state index is 0.611. The summed E-state index contributed by atoms with van der Waals surface area (Å²) in [7, 11) is 0. The van der Waals surface area contributed by atoms with Crippen molar-refractivity contribution in [1.82, 2.24) is 4.98 Å². The predicted octanol–water partition coefficient (Wildman–Crippen LogP) is 5.29. The maximum atomic E-state index is 11.6. The second-order valence-electron chi connectivity index (χ2n) is 4.97. The Kier molecular flexibility index (Phi) is 3.19. The zero-order valence-electron chi connectivity index (χ0n) is 11.5. The van der Waals surface area contributed by atoms with E-state index in [1.807, 2.05) is 19.1 Å². The highest BCUT2D eigenvalue weighted by atomic mass is 35.5. The second kappa shape index (κ2) is 4.76. The van der Waals surface area contributed by atoms with E-state index in [9.17, 15) is 4.79 Å². The van der Waals surface area contributed by atoms with E-state index in [1.54, 1.807) is 11.3 Å². The molecule has 0 saturated heterocycles. The van der Waals surface area contributed by atoms with Gasteiger partial charge in [0, 0.05) is 26.3 Å². The molecule has 0 amide bonds. The lowest BCUT2D eigenvalue weighted by atomic mass is 10.1. The summed E-state index contributed by atoms with van der Waals surface area (Å²) in [6.07, 6.45) is 0.895. The first-order chi connectivity index (χ1) is 9.52. The van der Waals surface area contributed by atoms with Gasteiger partial charge in [0.15, 0.2) is 6.29 Å². The SMILES string of the molecule is Cc1cc(-c2[nH]c3c(C)ccc(Cl)c3c2C=O)c(C)s1. The first-order valence-electron chi connectivity index (χ1n) is 6.36. The van der Waals surface area contributed by atoms with Crippen LogP contribution in [0.4, 0.5) is 0 Å². The van der Waals surface area contributed by atoms with Crippen molar-refractivity contribution in [2.24, 2.45) is 0 Å². The van der Waals surface area contributed by atoms with E-state index in [2.05, 4.69) is 24.9 Å². The molecule has 4 heteroatoms. The van der Waals surface area contributed by atoms with Gasteiger partial charge in [0.05, 0.1) is 16.2 Å². The van der Waals surface area contributed by atoms with Gasteiger partial charge >= 0.3 is 0 Å². The predicted molar refractivity (Wildman–Crippen MR) is 86.2 cm³/mol. The third-order valence-electron chi connectivity index (χ3n) is 3.58. The van der Waals surface area contributed by atoms with Crippen molar-refractivity contribution in [3.8, 4) is 11.3 Å². The Bertz CT molecular complexity index is 829. The molecule has 2 nitrogen and oxygen atoms in total. The number of H-pyrrole nitrogens is 1. The molecular formula is C16H14ClNOS. The molecule has 20 heavy (non-hydrogen) atoms. The van der Waals surface area contributed by atoms with Gasteiger partial charge in [-0.25, -0.2) is 0 Å². The van der Waals surface area contributed by atoms with E-state index in [4.69, 9.17) is 11.6 Å². The lowest BCUT2D eigenvalue weighted by Gasteiger charge is -1.98. The molecule has 0 fully saturated rings. The maximum Gasteiger partial charge on any atom is 0.152 e. The average molecular weight is 304 g/mol. The summed E-state index contributed by atoms with van der Waals surface area (Å²) in [5, 5.41) is 1.43. The van der Waals surface area contributed by atoms with Crippen LogP contribution in [0.25, 0.3) is 22.2 Å². The van der Waals surface area contributed by atoms with Gasteiger partial charge in [0.1, 0.15) is 0 Å². The number of aromatic amines is 1. The number of fused-ring (bicyclic) bond motifs is 1. The lowest BCUT2D eigenvalue weighted by Crippen LogP contribution is -1.84. The number of nitrogens with one attached hydrogen (secondary N) is 1. The first-order valence-corrected chi connectivity index (χ1v) is 7.55. The van der Waals surface area contributed by atoms with Gasteiger partial charge in [-0.2, -0.15) is 0 Å². The summed E-state index contributed by atoms with van der Waals surface area (Å²) in [6, 6.07) is 5.92. The summed E-state index contributed by atoms with van der Waals surface area (Å²) in [4.78, 5) is 17.4. The molecule has 0 atom stereocenters. The summed E-state index contributed by atoms with van der Waals surface area (Å²) in [6.45, 7) is 6.16. The summed E-state index contributed by atoms with van der Waals surface area (Å²) in [5.41, 5.74) is 4.63. The van der Waals surface area contributed by atoms with Gasteiger partial charge in [-0.15, -0.1) is 11.3 Å². The van der Waals surface area contributed by atoms with Crippen LogP contribution in [0.3, 0.4) is 0 Å². The minimum Gasteiger partial charge on any atom is -0.354 e. The van der Waals surface area contributed by atoms with Crippen LogP contribution in [0.1, 0.15) is 25.7 Å². The summed E-state index contributed by atoms with van der Waals surface area (Å²) >= 11 is 8.02. The molecule has 1 N–H and O–H groups in total. The van der Waals surface area contributed by atoms with E-state index in [0.29, 0.717) is 10.6 Å². The Morgan fingerprint density at radius 2 is 2.00 bits per heavy atom. The fraction of sp³-hybridized carbons (Fsp3) is 0.188. The molecule has 3 aromatic rings. The molecule has 0 aliphatic rings. The van der Waals surface area contributed by atoms with E-state index in [1.165, 1.54) is 9.75 Å². The molecular weight excluding hydrogens is 290 g/mol. The van der Waals surface area contributed by atoms with E-state index in [-0.39, 0.29) is 0 Å². The molecule has 0 bridgehead atoms. The molecule has 0 aliphatic carbocycles. The zero-order chi connectivity index (χ0) is 14.4. The molecule has 1 aromatic carbocycles. The van der Waals surface area contributed by atoms with Crippen molar-refractivity contribution < 1.29 is 4.79 Å². The van der Waals surface area contributed by atoms with Crippen molar-refractivity contribution in [3.63, 3.8) is 0 Å². The second-order valence-corrected chi connectivity index (χ2v) is 6.84. The molecule has 0 spiro atoms. The number of halogens is 1.